The van der Waals surface area contributed by atoms with Gasteiger partial charge in [-0.1, -0.05) is 30.1 Å². The number of carbonyl (C=O) groups excluding carboxylic acids is 1. The minimum atomic E-state index is -0.333. The fraction of sp³-hybridized carbons (Fsp3) is 0.500. The van der Waals surface area contributed by atoms with Gasteiger partial charge in [0.1, 0.15) is 12.4 Å². The molecule has 2 heterocycles. The summed E-state index contributed by atoms with van der Waals surface area (Å²) in [7, 11) is 1.56. The summed E-state index contributed by atoms with van der Waals surface area (Å²) in [6.45, 7) is 0.893. The Hall–Kier alpha value is -2.28. The lowest BCUT2D eigenvalue weighted by molar-refractivity contribution is -0.133. The molecule has 0 saturated carbocycles. The number of ether oxygens (including phenoxy) is 1. The molecule has 6 nitrogen and oxygen atoms in total. The van der Waals surface area contributed by atoms with Gasteiger partial charge in [0.15, 0.2) is 5.82 Å². The molecule has 1 saturated heterocycles. The molecule has 134 valence electrons. The molecule has 1 aromatic heterocycles. The molecule has 2 aromatic rings. The van der Waals surface area contributed by atoms with Crippen molar-refractivity contribution in [3.05, 3.63) is 47.4 Å². The van der Waals surface area contributed by atoms with Gasteiger partial charge in [-0.2, -0.15) is 4.98 Å². The van der Waals surface area contributed by atoms with Crippen LogP contribution >= 0.6 is 0 Å². The Balaban J connectivity index is 1.78. The maximum absolute atomic E-state index is 13.4. The van der Waals surface area contributed by atoms with Crippen molar-refractivity contribution < 1.29 is 18.4 Å². The van der Waals surface area contributed by atoms with Crippen molar-refractivity contribution in [1.82, 2.24) is 15.0 Å². The van der Waals surface area contributed by atoms with Gasteiger partial charge < -0.3 is 14.2 Å². The van der Waals surface area contributed by atoms with Crippen LogP contribution in [0.1, 0.15) is 49.0 Å². The van der Waals surface area contributed by atoms with E-state index in [4.69, 9.17) is 9.26 Å². The topological polar surface area (TPSA) is 68.5 Å². The summed E-state index contributed by atoms with van der Waals surface area (Å²) in [6.07, 6.45) is 3.96. The molecular weight excluding hydrogens is 325 g/mol. The third-order valence-electron chi connectivity index (χ3n) is 4.37. The van der Waals surface area contributed by atoms with Gasteiger partial charge in [0.25, 0.3) is 5.89 Å². The Morgan fingerprint density at radius 1 is 1.40 bits per heavy atom. The Bertz CT molecular complexity index is 719. The van der Waals surface area contributed by atoms with Gasteiger partial charge in [-0.3, -0.25) is 4.79 Å². The number of amides is 1. The molecule has 3 rings (SSSR count). The molecule has 0 bridgehead atoms. The van der Waals surface area contributed by atoms with Gasteiger partial charge in [0.05, 0.1) is 12.5 Å². The number of halogens is 1. The van der Waals surface area contributed by atoms with Crippen LogP contribution in [0.15, 0.2) is 28.8 Å². The molecule has 0 unspecified atom stereocenters. The number of hydrogen-bond donors (Lipinski definition) is 0. The normalized spacial score (nSPS) is 18.2. The highest BCUT2D eigenvalue weighted by Crippen LogP contribution is 2.29. The van der Waals surface area contributed by atoms with Crippen LogP contribution in [0, 0.1) is 5.82 Å². The second-order valence-electron chi connectivity index (χ2n) is 6.24. The van der Waals surface area contributed by atoms with Crippen LogP contribution in [0.5, 0.6) is 0 Å². The highest BCUT2D eigenvalue weighted by molar-refractivity contribution is 5.79. The molecular formula is C18H22FN3O3. The van der Waals surface area contributed by atoms with Crippen molar-refractivity contribution in [3.63, 3.8) is 0 Å². The molecule has 1 amide bonds. The lowest BCUT2D eigenvalue weighted by Crippen LogP contribution is -2.36. The molecule has 0 aliphatic carbocycles. The van der Waals surface area contributed by atoms with E-state index in [0.717, 1.165) is 25.7 Å². The van der Waals surface area contributed by atoms with Gasteiger partial charge in [-0.25, -0.2) is 4.39 Å². The number of likely N-dealkylation sites (tertiary alicyclic amines) is 1. The average Bonchev–Trinajstić information content (AvgIpc) is 2.90. The lowest BCUT2D eigenvalue weighted by atomic mass is 10.1. The smallest absolute Gasteiger partial charge is 0.252 e. The van der Waals surface area contributed by atoms with Gasteiger partial charge in [0, 0.05) is 13.7 Å². The summed E-state index contributed by atoms with van der Waals surface area (Å²) < 4.78 is 23.6. The number of carbonyl (C=O) groups is 1. The summed E-state index contributed by atoms with van der Waals surface area (Å²) in [6, 6.07) is 5.94. The summed E-state index contributed by atoms with van der Waals surface area (Å²) in [5.41, 5.74) is 0.668. The van der Waals surface area contributed by atoms with Crippen molar-refractivity contribution in [2.75, 3.05) is 13.7 Å². The standard InChI is InChI=1S/C18H22FN3O3/c1-24-12-16-20-18(21-25-16)15-8-3-2-4-9-22(15)17(23)11-13-6-5-7-14(19)10-13/h5-7,10,15H,2-4,8-9,11-12H2,1H3/t15-/m0/s1. The molecule has 25 heavy (non-hydrogen) atoms. The quantitative estimate of drug-likeness (QED) is 0.831. The number of methoxy groups -OCH3 is 1. The molecule has 1 aromatic carbocycles. The molecule has 0 spiro atoms. The van der Waals surface area contributed by atoms with E-state index in [-0.39, 0.29) is 30.8 Å². The van der Waals surface area contributed by atoms with Crippen LogP contribution in [-0.2, 0) is 22.6 Å². The second-order valence-corrected chi connectivity index (χ2v) is 6.24. The van der Waals surface area contributed by atoms with E-state index in [1.54, 1.807) is 24.1 Å². The van der Waals surface area contributed by atoms with E-state index < -0.39 is 0 Å². The first-order valence-corrected chi connectivity index (χ1v) is 8.52. The monoisotopic (exact) mass is 347 g/mol. The maximum Gasteiger partial charge on any atom is 0.252 e. The Labute approximate surface area is 146 Å². The van der Waals surface area contributed by atoms with Crippen LogP contribution in [-0.4, -0.2) is 34.6 Å². The number of rotatable bonds is 5. The van der Waals surface area contributed by atoms with Crippen LogP contribution in [0.2, 0.25) is 0 Å². The van der Waals surface area contributed by atoms with Crippen molar-refractivity contribution in [2.24, 2.45) is 0 Å². The number of hydrogen-bond acceptors (Lipinski definition) is 5. The van der Waals surface area contributed by atoms with Gasteiger partial charge in [0.2, 0.25) is 5.91 Å². The van der Waals surface area contributed by atoms with Crippen molar-refractivity contribution in [3.8, 4) is 0 Å². The fourth-order valence-electron chi connectivity index (χ4n) is 3.18. The maximum atomic E-state index is 13.4. The second kappa shape index (κ2) is 8.20. The molecule has 0 radical (unpaired) electrons. The molecule has 1 fully saturated rings. The van der Waals surface area contributed by atoms with E-state index >= 15 is 0 Å². The summed E-state index contributed by atoms with van der Waals surface area (Å²) in [5.74, 6) is 0.538. The zero-order valence-electron chi connectivity index (χ0n) is 14.3. The van der Waals surface area contributed by atoms with Crippen molar-refractivity contribution in [1.29, 1.82) is 0 Å². The number of benzene rings is 1. The van der Waals surface area contributed by atoms with Gasteiger partial charge in [-0.05, 0) is 30.5 Å². The molecule has 7 heteroatoms. The van der Waals surface area contributed by atoms with Gasteiger partial charge in [-0.15, -0.1) is 0 Å². The lowest BCUT2D eigenvalue weighted by Gasteiger charge is -2.28. The first kappa shape index (κ1) is 17.5. The predicted molar refractivity (Wildman–Crippen MR) is 88.0 cm³/mol. The minimum Gasteiger partial charge on any atom is -0.375 e. The SMILES string of the molecule is COCc1nc([C@@H]2CCCCCN2C(=O)Cc2cccc(F)c2)no1. The predicted octanol–water partition coefficient (Wildman–Crippen LogP) is 3.04. The van der Waals surface area contributed by atoms with Crippen molar-refractivity contribution in [2.45, 2.75) is 44.8 Å². The fourth-order valence-corrected chi connectivity index (χ4v) is 3.18. The third kappa shape index (κ3) is 4.42. The molecule has 0 N–H and O–H groups in total. The van der Waals surface area contributed by atoms with E-state index in [2.05, 4.69) is 10.1 Å². The highest BCUT2D eigenvalue weighted by Gasteiger charge is 2.30. The summed E-state index contributed by atoms with van der Waals surface area (Å²) in [5, 5.41) is 4.03. The first-order valence-electron chi connectivity index (χ1n) is 8.52. The summed E-state index contributed by atoms with van der Waals surface area (Å²) >= 11 is 0. The first-order chi connectivity index (χ1) is 12.2. The highest BCUT2D eigenvalue weighted by atomic mass is 19.1. The Morgan fingerprint density at radius 3 is 3.08 bits per heavy atom. The zero-order valence-corrected chi connectivity index (χ0v) is 14.3. The Kier molecular flexibility index (Phi) is 5.75. The number of aromatic nitrogens is 2. The zero-order chi connectivity index (χ0) is 17.6. The molecule has 1 aliphatic rings. The number of nitrogens with zero attached hydrogens (tertiary/aromatic N) is 3. The Morgan fingerprint density at radius 2 is 2.28 bits per heavy atom. The third-order valence-corrected chi connectivity index (χ3v) is 4.37. The van der Waals surface area contributed by atoms with Crippen LogP contribution in [0.25, 0.3) is 0 Å². The van der Waals surface area contributed by atoms with Crippen LogP contribution in [0.3, 0.4) is 0 Å². The van der Waals surface area contributed by atoms with Gasteiger partial charge >= 0.3 is 0 Å². The van der Waals surface area contributed by atoms with E-state index in [0.29, 0.717) is 23.8 Å². The average molecular weight is 347 g/mol. The molecule has 1 aliphatic heterocycles. The van der Waals surface area contributed by atoms with E-state index in [9.17, 15) is 9.18 Å². The van der Waals surface area contributed by atoms with E-state index in [1.165, 1.54) is 12.1 Å². The molecule has 1 atom stereocenters. The van der Waals surface area contributed by atoms with Crippen molar-refractivity contribution >= 4 is 5.91 Å². The largest absolute Gasteiger partial charge is 0.375 e. The van der Waals surface area contributed by atoms with Crippen LogP contribution < -0.4 is 0 Å². The van der Waals surface area contributed by atoms with Crippen LogP contribution in [0.4, 0.5) is 4.39 Å². The van der Waals surface area contributed by atoms with E-state index in [1.807, 2.05) is 0 Å². The summed E-state index contributed by atoms with van der Waals surface area (Å²) in [4.78, 5) is 19.0. The minimum absolute atomic E-state index is 0.0457.